The summed E-state index contributed by atoms with van der Waals surface area (Å²) in [6.07, 6.45) is -4.89. The van der Waals surface area contributed by atoms with E-state index in [0.29, 0.717) is 6.07 Å². The largest absolute Gasteiger partial charge is 0.493 e. The number of nitrogens with zero attached hydrogens (tertiary/aromatic N) is 2. The lowest BCUT2D eigenvalue weighted by atomic mass is 10.1. The van der Waals surface area contributed by atoms with E-state index in [9.17, 15) is 33.3 Å². The van der Waals surface area contributed by atoms with E-state index in [-0.39, 0.29) is 0 Å². The Morgan fingerprint density at radius 3 is 2.47 bits per heavy atom. The van der Waals surface area contributed by atoms with Crippen LogP contribution in [-0.4, -0.2) is 15.0 Å². The molecule has 2 rings (SSSR count). The molecule has 0 unspecified atom stereocenters. The molecule has 1 aromatic heterocycles. The van der Waals surface area contributed by atoms with Crippen LogP contribution in [0.25, 0.3) is 10.9 Å². The van der Waals surface area contributed by atoms with Crippen LogP contribution in [0.4, 0.5) is 24.5 Å². The standard InChI is InChI=1S/C9H4F3N3O4/c10-9(11,12)5-2-3(15(18)19)1-4-6(5)13-8(16)7(4)14-17/h1-2,13,16H. The number of aromatic amines is 1. The van der Waals surface area contributed by atoms with Gasteiger partial charge in [-0.2, -0.15) is 13.2 Å². The van der Waals surface area contributed by atoms with Crippen LogP contribution in [0.2, 0.25) is 0 Å². The van der Waals surface area contributed by atoms with Crippen molar-refractivity contribution in [3.05, 3.63) is 32.7 Å². The summed E-state index contributed by atoms with van der Waals surface area (Å²) in [4.78, 5) is 22.0. The van der Waals surface area contributed by atoms with E-state index < -0.39 is 44.8 Å². The molecule has 0 saturated carbocycles. The smallest absolute Gasteiger partial charge is 0.418 e. The maximum Gasteiger partial charge on any atom is 0.418 e. The van der Waals surface area contributed by atoms with Crippen LogP contribution in [0.3, 0.4) is 0 Å². The second kappa shape index (κ2) is 3.93. The summed E-state index contributed by atoms with van der Waals surface area (Å²) in [5.74, 6) is -0.879. The molecule has 2 aromatic rings. The molecule has 2 N–H and O–H groups in total. The highest BCUT2D eigenvalue weighted by atomic mass is 19.4. The molecule has 1 heterocycles. The van der Waals surface area contributed by atoms with Gasteiger partial charge in [-0.1, -0.05) is 0 Å². The van der Waals surface area contributed by atoms with E-state index in [0.717, 1.165) is 6.07 Å². The molecule has 0 radical (unpaired) electrons. The van der Waals surface area contributed by atoms with Crippen molar-refractivity contribution in [3.8, 4) is 5.88 Å². The summed E-state index contributed by atoms with van der Waals surface area (Å²) < 4.78 is 38.3. The zero-order valence-electron chi connectivity index (χ0n) is 8.85. The molecule has 0 atom stereocenters. The Kier molecular flexibility index (Phi) is 2.65. The van der Waals surface area contributed by atoms with E-state index in [1.807, 2.05) is 4.98 Å². The summed E-state index contributed by atoms with van der Waals surface area (Å²) in [7, 11) is 0. The predicted octanol–water partition coefficient (Wildman–Crippen LogP) is 3.20. The first-order valence-corrected chi connectivity index (χ1v) is 4.69. The van der Waals surface area contributed by atoms with Crippen molar-refractivity contribution in [2.24, 2.45) is 5.18 Å². The quantitative estimate of drug-likeness (QED) is 0.498. The van der Waals surface area contributed by atoms with E-state index >= 15 is 0 Å². The first-order valence-electron chi connectivity index (χ1n) is 4.69. The first-order chi connectivity index (χ1) is 8.75. The van der Waals surface area contributed by atoms with Crippen molar-refractivity contribution in [2.75, 3.05) is 0 Å². The Balaban J connectivity index is 2.94. The van der Waals surface area contributed by atoms with Gasteiger partial charge in [0.1, 0.15) is 0 Å². The number of nitro groups is 1. The number of non-ortho nitro benzene ring substituents is 1. The minimum atomic E-state index is -4.89. The van der Waals surface area contributed by atoms with Gasteiger partial charge >= 0.3 is 6.18 Å². The number of rotatable bonds is 2. The molecule has 0 fully saturated rings. The van der Waals surface area contributed by atoms with Crippen LogP contribution < -0.4 is 0 Å². The van der Waals surface area contributed by atoms with E-state index in [4.69, 9.17) is 0 Å². The molecule has 7 nitrogen and oxygen atoms in total. The van der Waals surface area contributed by atoms with Gasteiger partial charge in [0, 0.05) is 17.5 Å². The van der Waals surface area contributed by atoms with Crippen LogP contribution >= 0.6 is 0 Å². The van der Waals surface area contributed by atoms with Gasteiger partial charge in [0.2, 0.25) is 5.88 Å². The van der Waals surface area contributed by atoms with Crippen molar-refractivity contribution < 1.29 is 23.2 Å². The number of fused-ring (bicyclic) bond motifs is 1. The van der Waals surface area contributed by atoms with Gasteiger partial charge in [-0.15, -0.1) is 4.91 Å². The van der Waals surface area contributed by atoms with Crippen LogP contribution in [-0.2, 0) is 6.18 Å². The predicted molar refractivity (Wildman–Crippen MR) is 57.1 cm³/mol. The van der Waals surface area contributed by atoms with Gasteiger partial charge in [-0.05, 0) is 5.18 Å². The van der Waals surface area contributed by atoms with Crippen LogP contribution in [0.5, 0.6) is 5.88 Å². The maximum atomic E-state index is 12.8. The molecule has 10 heteroatoms. The molecule has 0 aliphatic carbocycles. The van der Waals surface area contributed by atoms with Crippen molar-refractivity contribution in [2.45, 2.75) is 6.18 Å². The normalized spacial score (nSPS) is 11.7. The van der Waals surface area contributed by atoms with Crippen LogP contribution in [0.1, 0.15) is 5.56 Å². The highest BCUT2D eigenvalue weighted by molar-refractivity contribution is 5.97. The number of aromatic nitrogens is 1. The summed E-state index contributed by atoms with van der Waals surface area (Å²) in [6.45, 7) is 0. The molecule has 0 bridgehead atoms. The zero-order chi connectivity index (χ0) is 14.4. The van der Waals surface area contributed by atoms with Crippen LogP contribution in [0, 0.1) is 15.0 Å². The monoisotopic (exact) mass is 275 g/mol. The Morgan fingerprint density at radius 1 is 1.37 bits per heavy atom. The highest BCUT2D eigenvalue weighted by Gasteiger charge is 2.36. The minimum Gasteiger partial charge on any atom is -0.493 e. The minimum absolute atomic E-state index is 0.312. The number of benzene rings is 1. The Hall–Kier alpha value is -2.65. The number of halogens is 3. The van der Waals surface area contributed by atoms with Gasteiger partial charge in [-0.25, -0.2) is 0 Å². The number of nitrogens with one attached hydrogen (secondary N) is 1. The molecule has 19 heavy (non-hydrogen) atoms. The van der Waals surface area contributed by atoms with Gasteiger partial charge in [0.15, 0.2) is 5.69 Å². The lowest BCUT2D eigenvalue weighted by Crippen LogP contribution is -2.06. The number of hydrogen-bond acceptors (Lipinski definition) is 5. The summed E-state index contributed by atoms with van der Waals surface area (Å²) in [6, 6.07) is 1.05. The molecule has 100 valence electrons. The second-order valence-electron chi connectivity index (χ2n) is 3.58. The molecule has 0 amide bonds. The van der Waals surface area contributed by atoms with Crippen molar-refractivity contribution in [3.63, 3.8) is 0 Å². The third kappa shape index (κ3) is 1.96. The van der Waals surface area contributed by atoms with E-state index in [1.165, 1.54) is 0 Å². The number of nitroso groups, excluding NO2 is 1. The average Bonchev–Trinajstić information content (AvgIpc) is 2.61. The van der Waals surface area contributed by atoms with Crippen LogP contribution in [0.15, 0.2) is 17.3 Å². The summed E-state index contributed by atoms with van der Waals surface area (Å²) >= 11 is 0. The molecule has 0 aliphatic rings. The third-order valence-electron chi connectivity index (χ3n) is 2.45. The highest BCUT2D eigenvalue weighted by Crippen LogP contribution is 2.43. The fourth-order valence-corrected chi connectivity index (χ4v) is 1.67. The Bertz CT molecular complexity index is 692. The van der Waals surface area contributed by atoms with Gasteiger partial charge in [-0.3, -0.25) is 10.1 Å². The SMILES string of the molecule is O=Nc1c(O)[nH]c2c(C(F)(F)F)cc([N+](=O)[O-])cc12. The summed E-state index contributed by atoms with van der Waals surface area (Å²) in [5, 5.41) is 21.8. The molecular formula is C9H4F3N3O4. The fourth-order valence-electron chi connectivity index (χ4n) is 1.67. The number of hydrogen-bond donors (Lipinski definition) is 2. The Morgan fingerprint density at radius 2 is 2.00 bits per heavy atom. The van der Waals surface area contributed by atoms with E-state index in [2.05, 4.69) is 5.18 Å². The molecular weight excluding hydrogens is 271 g/mol. The molecule has 0 saturated heterocycles. The molecule has 0 aliphatic heterocycles. The van der Waals surface area contributed by atoms with E-state index in [1.54, 1.807) is 0 Å². The lowest BCUT2D eigenvalue weighted by molar-refractivity contribution is -0.385. The zero-order valence-corrected chi connectivity index (χ0v) is 8.85. The summed E-state index contributed by atoms with van der Waals surface area (Å²) in [5.41, 5.74) is -3.56. The molecule has 1 aromatic carbocycles. The van der Waals surface area contributed by atoms with Gasteiger partial charge in [0.05, 0.1) is 16.0 Å². The number of alkyl halides is 3. The average molecular weight is 275 g/mol. The Labute approximate surface area is 101 Å². The number of nitro benzene ring substituents is 1. The lowest BCUT2D eigenvalue weighted by Gasteiger charge is -2.07. The fraction of sp³-hybridized carbons (Fsp3) is 0.111. The van der Waals surface area contributed by atoms with Gasteiger partial charge in [0.25, 0.3) is 5.69 Å². The third-order valence-corrected chi connectivity index (χ3v) is 2.45. The first kappa shape index (κ1) is 12.8. The van der Waals surface area contributed by atoms with Crippen molar-refractivity contribution in [1.29, 1.82) is 0 Å². The number of aromatic hydroxyl groups is 1. The van der Waals surface area contributed by atoms with Gasteiger partial charge < -0.3 is 10.1 Å². The second-order valence-corrected chi connectivity index (χ2v) is 3.58. The number of H-pyrrole nitrogens is 1. The van der Waals surface area contributed by atoms with Crippen molar-refractivity contribution in [1.82, 2.24) is 4.98 Å². The topological polar surface area (TPSA) is 109 Å². The van der Waals surface area contributed by atoms with Crippen molar-refractivity contribution >= 4 is 22.3 Å². The maximum absolute atomic E-state index is 12.8. The molecule has 0 spiro atoms.